The number of nitrogens with zero attached hydrogens (tertiary/aromatic N) is 2. The highest BCUT2D eigenvalue weighted by atomic mass is 16.5. The zero-order valence-electron chi connectivity index (χ0n) is 11.9. The number of rotatable bonds is 7. The number of carbonyl (C=O) groups is 1. The minimum atomic E-state index is -0.152. The van der Waals surface area contributed by atoms with E-state index < -0.39 is 0 Å². The van der Waals surface area contributed by atoms with Crippen molar-refractivity contribution in [2.75, 3.05) is 25.0 Å². The molecule has 0 spiro atoms. The van der Waals surface area contributed by atoms with Gasteiger partial charge in [0, 0.05) is 25.9 Å². The molecular weight excluding hydrogens is 256 g/mol. The molecule has 1 fully saturated rings. The van der Waals surface area contributed by atoms with Crippen LogP contribution in [0.1, 0.15) is 43.1 Å². The topological polar surface area (TPSA) is 76.1 Å². The SMILES string of the molecule is CCCCNC(=O)c1ccnc(NCC2CCCO2)n1. The van der Waals surface area contributed by atoms with Gasteiger partial charge in [-0.3, -0.25) is 4.79 Å². The molecule has 110 valence electrons. The Kier molecular flexibility index (Phi) is 5.73. The van der Waals surface area contributed by atoms with Gasteiger partial charge in [-0.25, -0.2) is 9.97 Å². The van der Waals surface area contributed by atoms with Gasteiger partial charge in [0.15, 0.2) is 0 Å². The normalized spacial score (nSPS) is 17.9. The summed E-state index contributed by atoms with van der Waals surface area (Å²) in [6.07, 6.45) is 6.01. The van der Waals surface area contributed by atoms with Crippen LogP contribution in [0.25, 0.3) is 0 Å². The molecule has 2 heterocycles. The van der Waals surface area contributed by atoms with Crippen molar-refractivity contribution in [2.45, 2.75) is 38.7 Å². The number of hydrogen-bond donors (Lipinski definition) is 2. The van der Waals surface area contributed by atoms with Crippen LogP contribution < -0.4 is 10.6 Å². The van der Waals surface area contributed by atoms with E-state index in [2.05, 4.69) is 27.5 Å². The predicted molar refractivity (Wildman–Crippen MR) is 76.7 cm³/mol. The maximum atomic E-state index is 11.9. The van der Waals surface area contributed by atoms with Crippen molar-refractivity contribution in [3.63, 3.8) is 0 Å². The number of nitrogens with one attached hydrogen (secondary N) is 2. The van der Waals surface area contributed by atoms with Crippen LogP contribution in [0, 0.1) is 0 Å². The third kappa shape index (κ3) is 4.45. The minimum Gasteiger partial charge on any atom is -0.376 e. The quantitative estimate of drug-likeness (QED) is 0.741. The molecule has 1 unspecified atom stereocenters. The van der Waals surface area contributed by atoms with Gasteiger partial charge < -0.3 is 15.4 Å². The van der Waals surface area contributed by atoms with Gasteiger partial charge in [0.1, 0.15) is 5.69 Å². The molecule has 6 nitrogen and oxygen atoms in total. The third-order valence-corrected chi connectivity index (χ3v) is 3.22. The first-order valence-electron chi connectivity index (χ1n) is 7.26. The fraction of sp³-hybridized carbons (Fsp3) is 0.643. The number of ether oxygens (including phenoxy) is 1. The molecule has 0 aromatic carbocycles. The van der Waals surface area contributed by atoms with Gasteiger partial charge in [0.2, 0.25) is 5.95 Å². The largest absolute Gasteiger partial charge is 0.376 e. The van der Waals surface area contributed by atoms with Crippen molar-refractivity contribution in [1.82, 2.24) is 15.3 Å². The summed E-state index contributed by atoms with van der Waals surface area (Å²) in [4.78, 5) is 20.2. The van der Waals surface area contributed by atoms with E-state index in [1.807, 2.05) is 0 Å². The van der Waals surface area contributed by atoms with E-state index in [9.17, 15) is 4.79 Å². The molecule has 1 saturated heterocycles. The van der Waals surface area contributed by atoms with Gasteiger partial charge in [0.05, 0.1) is 6.10 Å². The van der Waals surface area contributed by atoms with E-state index in [4.69, 9.17) is 4.74 Å². The molecule has 2 N–H and O–H groups in total. The summed E-state index contributed by atoms with van der Waals surface area (Å²) in [5.41, 5.74) is 0.394. The van der Waals surface area contributed by atoms with Crippen LogP contribution >= 0.6 is 0 Å². The second kappa shape index (κ2) is 7.79. The van der Waals surface area contributed by atoms with E-state index >= 15 is 0 Å². The third-order valence-electron chi connectivity index (χ3n) is 3.22. The molecule has 6 heteroatoms. The van der Waals surface area contributed by atoms with Crippen molar-refractivity contribution in [2.24, 2.45) is 0 Å². The lowest BCUT2D eigenvalue weighted by atomic mass is 10.2. The van der Waals surface area contributed by atoms with Gasteiger partial charge in [-0.05, 0) is 25.3 Å². The van der Waals surface area contributed by atoms with E-state index in [-0.39, 0.29) is 12.0 Å². The minimum absolute atomic E-state index is 0.152. The van der Waals surface area contributed by atoms with Gasteiger partial charge >= 0.3 is 0 Å². The molecule has 0 bridgehead atoms. The standard InChI is InChI=1S/C14H22N4O2/c1-2-3-7-15-13(19)12-6-8-16-14(18-12)17-10-11-5-4-9-20-11/h6,8,11H,2-5,7,9-10H2,1H3,(H,15,19)(H,16,17,18). The molecule has 1 aliphatic rings. The Morgan fingerprint density at radius 1 is 1.55 bits per heavy atom. The van der Waals surface area contributed by atoms with Gasteiger partial charge in [0.25, 0.3) is 5.91 Å². The van der Waals surface area contributed by atoms with Crippen LogP contribution in [-0.4, -0.2) is 41.7 Å². The molecular formula is C14H22N4O2. The number of carbonyl (C=O) groups excluding carboxylic acids is 1. The Bertz CT molecular complexity index is 433. The highest BCUT2D eigenvalue weighted by Crippen LogP contribution is 2.12. The van der Waals surface area contributed by atoms with E-state index in [1.165, 1.54) is 0 Å². The number of hydrogen-bond acceptors (Lipinski definition) is 5. The number of aromatic nitrogens is 2. The molecule has 1 amide bonds. The second-order valence-electron chi connectivity index (χ2n) is 4.89. The highest BCUT2D eigenvalue weighted by molar-refractivity contribution is 5.92. The average molecular weight is 278 g/mol. The first-order valence-corrected chi connectivity index (χ1v) is 7.26. The fourth-order valence-electron chi connectivity index (χ4n) is 2.05. The van der Waals surface area contributed by atoms with Crippen molar-refractivity contribution in [3.05, 3.63) is 18.0 Å². The van der Waals surface area contributed by atoms with Crippen LogP contribution in [0.15, 0.2) is 12.3 Å². The molecule has 1 aromatic heterocycles. The summed E-state index contributed by atoms with van der Waals surface area (Å²) in [6.45, 7) is 4.27. The highest BCUT2D eigenvalue weighted by Gasteiger charge is 2.15. The summed E-state index contributed by atoms with van der Waals surface area (Å²) < 4.78 is 5.52. The summed E-state index contributed by atoms with van der Waals surface area (Å²) in [5.74, 6) is 0.324. The molecule has 1 atom stereocenters. The van der Waals surface area contributed by atoms with Gasteiger partial charge in [-0.1, -0.05) is 13.3 Å². The van der Waals surface area contributed by atoms with Crippen LogP contribution in [0.5, 0.6) is 0 Å². The molecule has 20 heavy (non-hydrogen) atoms. The average Bonchev–Trinajstić information content (AvgIpc) is 2.99. The van der Waals surface area contributed by atoms with Gasteiger partial charge in [-0.2, -0.15) is 0 Å². The zero-order chi connectivity index (χ0) is 14.2. The molecule has 2 rings (SSSR count). The van der Waals surface area contributed by atoms with Crippen LogP contribution in [-0.2, 0) is 4.74 Å². The predicted octanol–water partition coefficient (Wildman–Crippen LogP) is 1.60. The summed E-state index contributed by atoms with van der Waals surface area (Å²) in [6, 6.07) is 1.62. The van der Waals surface area contributed by atoms with E-state index in [0.717, 1.165) is 32.3 Å². The molecule has 0 aliphatic carbocycles. The lowest BCUT2D eigenvalue weighted by Gasteiger charge is -2.11. The van der Waals surface area contributed by atoms with Crippen molar-refractivity contribution in [3.8, 4) is 0 Å². The summed E-state index contributed by atoms with van der Waals surface area (Å²) in [5, 5.41) is 5.96. The lowest BCUT2D eigenvalue weighted by Crippen LogP contribution is -2.26. The van der Waals surface area contributed by atoms with E-state index in [0.29, 0.717) is 24.7 Å². The fourth-order valence-corrected chi connectivity index (χ4v) is 2.05. The van der Waals surface area contributed by atoms with Crippen molar-refractivity contribution in [1.29, 1.82) is 0 Å². The van der Waals surface area contributed by atoms with Crippen LogP contribution in [0.2, 0.25) is 0 Å². The Balaban J connectivity index is 1.84. The Morgan fingerprint density at radius 3 is 3.20 bits per heavy atom. The molecule has 0 radical (unpaired) electrons. The van der Waals surface area contributed by atoms with Crippen LogP contribution in [0.4, 0.5) is 5.95 Å². The number of anilines is 1. The monoisotopic (exact) mass is 278 g/mol. The molecule has 0 saturated carbocycles. The summed E-state index contributed by atoms with van der Waals surface area (Å²) >= 11 is 0. The Morgan fingerprint density at radius 2 is 2.45 bits per heavy atom. The van der Waals surface area contributed by atoms with Gasteiger partial charge in [-0.15, -0.1) is 0 Å². The van der Waals surface area contributed by atoms with Crippen molar-refractivity contribution < 1.29 is 9.53 Å². The van der Waals surface area contributed by atoms with Crippen molar-refractivity contribution >= 4 is 11.9 Å². The molecule has 1 aliphatic heterocycles. The first-order chi connectivity index (χ1) is 9.79. The van der Waals surface area contributed by atoms with Crippen LogP contribution in [0.3, 0.4) is 0 Å². The Labute approximate surface area is 119 Å². The Hall–Kier alpha value is -1.69. The lowest BCUT2D eigenvalue weighted by molar-refractivity contribution is 0.0948. The summed E-state index contributed by atoms with van der Waals surface area (Å²) in [7, 11) is 0. The first kappa shape index (κ1) is 14.7. The maximum absolute atomic E-state index is 11.9. The second-order valence-corrected chi connectivity index (χ2v) is 4.89. The molecule has 1 aromatic rings. The number of amides is 1. The number of unbranched alkanes of at least 4 members (excludes halogenated alkanes) is 1. The van der Waals surface area contributed by atoms with E-state index in [1.54, 1.807) is 12.3 Å². The zero-order valence-corrected chi connectivity index (χ0v) is 11.9. The maximum Gasteiger partial charge on any atom is 0.270 e. The smallest absolute Gasteiger partial charge is 0.270 e.